The van der Waals surface area contributed by atoms with Gasteiger partial charge in [-0.3, -0.25) is 4.98 Å². The Labute approximate surface area is 303 Å². The molecule has 0 aliphatic rings. The number of aromatic nitrogens is 4. The first-order chi connectivity index (χ1) is 26.2. The Morgan fingerprint density at radius 3 is 2.00 bits per heavy atom. The van der Waals surface area contributed by atoms with Crippen molar-refractivity contribution >= 4 is 65.2 Å². The molecule has 0 fully saturated rings. The molecule has 11 rings (SSSR count). The Morgan fingerprint density at radius 1 is 0.358 bits per heavy atom. The molecule has 3 aromatic heterocycles. The van der Waals surface area contributed by atoms with E-state index in [2.05, 4.69) is 109 Å². The number of hydrogen-bond acceptors (Lipinski definition) is 5. The maximum Gasteiger partial charge on any atom is 0.164 e. The zero-order chi connectivity index (χ0) is 34.9. The normalized spacial score (nSPS) is 11.8. The van der Waals surface area contributed by atoms with E-state index in [9.17, 15) is 0 Å². The Balaban J connectivity index is 1.16. The number of benzene rings is 8. The fraction of sp³-hybridized carbons (Fsp3) is 0. The van der Waals surface area contributed by atoms with Crippen LogP contribution in [0.4, 0.5) is 0 Å². The lowest BCUT2D eigenvalue weighted by Crippen LogP contribution is -2.01. The van der Waals surface area contributed by atoms with Crippen LogP contribution in [-0.4, -0.2) is 19.9 Å². The molecule has 0 unspecified atom stereocenters. The summed E-state index contributed by atoms with van der Waals surface area (Å²) in [6.45, 7) is 0. The molecular weight excluding hydrogens is 649 g/mol. The van der Waals surface area contributed by atoms with Gasteiger partial charge in [-0.25, -0.2) is 15.0 Å². The minimum Gasteiger partial charge on any atom is -0.456 e. The van der Waals surface area contributed by atoms with Gasteiger partial charge in [-0.15, -0.1) is 0 Å². The molecule has 8 aromatic carbocycles. The smallest absolute Gasteiger partial charge is 0.164 e. The fourth-order valence-corrected chi connectivity index (χ4v) is 7.84. The van der Waals surface area contributed by atoms with Crippen LogP contribution >= 0.6 is 0 Å². The quantitative estimate of drug-likeness (QED) is 0.174. The molecule has 0 aliphatic carbocycles. The monoisotopic (exact) mass is 676 g/mol. The van der Waals surface area contributed by atoms with Crippen molar-refractivity contribution in [3.63, 3.8) is 0 Å². The third kappa shape index (κ3) is 4.79. The van der Waals surface area contributed by atoms with Crippen molar-refractivity contribution in [3.8, 4) is 45.3 Å². The third-order valence-electron chi connectivity index (χ3n) is 10.3. The molecule has 0 radical (unpaired) electrons. The van der Waals surface area contributed by atoms with Gasteiger partial charge in [0.25, 0.3) is 0 Å². The van der Waals surface area contributed by atoms with Gasteiger partial charge in [0.1, 0.15) is 11.2 Å². The van der Waals surface area contributed by atoms with Crippen molar-refractivity contribution in [2.24, 2.45) is 0 Å². The molecule has 0 N–H and O–H groups in total. The summed E-state index contributed by atoms with van der Waals surface area (Å²) in [4.78, 5) is 20.2. The Morgan fingerprint density at radius 2 is 1.09 bits per heavy atom. The summed E-state index contributed by atoms with van der Waals surface area (Å²) >= 11 is 0. The second-order valence-corrected chi connectivity index (χ2v) is 13.4. The van der Waals surface area contributed by atoms with E-state index in [0.29, 0.717) is 17.5 Å². The SMILES string of the molecule is c1ccc(-c2nc(-c3ccc4cc5oc6ccccc6c5cc4c3)nc(-c3ccccc3-c3cc4ccccc4c4ccc5ncccc5c34)n2)cc1. The van der Waals surface area contributed by atoms with Gasteiger partial charge < -0.3 is 4.42 Å². The van der Waals surface area contributed by atoms with Gasteiger partial charge in [-0.05, 0) is 85.9 Å². The summed E-state index contributed by atoms with van der Waals surface area (Å²) in [5.74, 6) is 1.84. The van der Waals surface area contributed by atoms with Crippen molar-refractivity contribution < 1.29 is 4.42 Å². The van der Waals surface area contributed by atoms with Crippen LogP contribution in [0.3, 0.4) is 0 Å². The molecule has 0 bridgehead atoms. The zero-order valence-corrected chi connectivity index (χ0v) is 28.4. The summed E-state index contributed by atoms with van der Waals surface area (Å²) in [6, 6.07) is 56.9. The summed E-state index contributed by atoms with van der Waals surface area (Å²) in [5, 5.41) is 10.2. The lowest BCUT2D eigenvalue weighted by molar-refractivity contribution is 0.669. The highest BCUT2D eigenvalue weighted by Gasteiger charge is 2.19. The summed E-state index contributed by atoms with van der Waals surface area (Å²) < 4.78 is 6.19. The molecule has 0 saturated heterocycles. The first-order valence-electron chi connectivity index (χ1n) is 17.7. The van der Waals surface area contributed by atoms with E-state index in [0.717, 1.165) is 76.8 Å². The zero-order valence-electron chi connectivity index (χ0n) is 28.4. The van der Waals surface area contributed by atoms with Gasteiger partial charge in [0.05, 0.1) is 5.52 Å². The van der Waals surface area contributed by atoms with Gasteiger partial charge in [0, 0.05) is 39.0 Å². The predicted octanol–water partition coefficient (Wildman–Crippen LogP) is 12.4. The van der Waals surface area contributed by atoms with E-state index in [4.69, 9.17) is 24.4 Å². The molecule has 0 saturated carbocycles. The maximum atomic E-state index is 6.19. The van der Waals surface area contributed by atoms with Crippen molar-refractivity contribution in [1.29, 1.82) is 0 Å². The third-order valence-corrected chi connectivity index (χ3v) is 10.3. The van der Waals surface area contributed by atoms with Crippen molar-refractivity contribution in [2.75, 3.05) is 0 Å². The van der Waals surface area contributed by atoms with E-state index in [1.807, 2.05) is 60.8 Å². The Hall–Kier alpha value is -7.24. The molecule has 0 aliphatic heterocycles. The van der Waals surface area contributed by atoms with Gasteiger partial charge in [0.15, 0.2) is 17.5 Å². The number of fused-ring (bicyclic) bond motifs is 9. The molecule has 0 amide bonds. The molecule has 246 valence electrons. The van der Waals surface area contributed by atoms with Crippen LogP contribution in [0.5, 0.6) is 0 Å². The Kier molecular flexibility index (Phi) is 6.48. The van der Waals surface area contributed by atoms with E-state index in [1.54, 1.807) is 0 Å². The van der Waals surface area contributed by atoms with E-state index in [-0.39, 0.29) is 0 Å². The highest BCUT2D eigenvalue weighted by Crippen LogP contribution is 2.42. The summed E-state index contributed by atoms with van der Waals surface area (Å²) in [5.41, 5.74) is 7.64. The lowest BCUT2D eigenvalue weighted by Gasteiger charge is -2.16. The van der Waals surface area contributed by atoms with Gasteiger partial charge in [-0.1, -0.05) is 121 Å². The first kappa shape index (κ1) is 29.5. The Bertz CT molecular complexity index is 3240. The molecule has 5 nitrogen and oxygen atoms in total. The summed E-state index contributed by atoms with van der Waals surface area (Å²) in [6.07, 6.45) is 1.85. The molecule has 0 atom stereocenters. The number of para-hydroxylation sites is 1. The molecule has 3 heterocycles. The largest absolute Gasteiger partial charge is 0.456 e. The second-order valence-electron chi connectivity index (χ2n) is 13.4. The van der Waals surface area contributed by atoms with Gasteiger partial charge >= 0.3 is 0 Å². The number of pyridine rings is 1. The molecule has 0 spiro atoms. The first-order valence-corrected chi connectivity index (χ1v) is 17.7. The van der Waals surface area contributed by atoms with Crippen LogP contribution in [0, 0.1) is 0 Å². The molecular formula is C48H28N4O. The average molecular weight is 677 g/mol. The molecule has 53 heavy (non-hydrogen) atoms. The topological polar surface area (TPSA) is 64.7 Å². The van der Waals surface area contributed by atoms with E-state index >= 15 is 0 Å². The van der Waals surface area contributed by atoms with Crippen molar-refractivity contribution in [2.45, 2.75) is 0 Å². The minimum absolute atomic E-state index is 0.612. The van der Waals surface area contributed by atoms with Crippen molar-refractivity contribution in [3.05, 3.63) is 170 Å². The fourth-order valence-electron chi connectivity index (χ4n) is 7.84. The second kappa shape index (κ2) is 11.7. The number of furan rings is 1. The van der Waals surface area contributed by atoms with Crippen LogP contribution in [0.2, 0.25) is 0 Å². The van der Waals surface area contributed by atoms with Crippen LogP contribution in [-0.2, 0) is 0 Å². The van der Waals surface area contributed by atoms with Gasteiger partial charge in [0.2, 0.25) is 0 Å². The lowest BCUT2D eigenvalue weighted by atomic mass is 9.89. The van der Waals surface area contributed by atoms with E-state index < -0.39 is 0 Å². The van der Waals surface area contributed by atoms with Crippen LogP contribution in [0.15, 0.2) is 174 Å². The highest BCUT2D eigenvalue weighted by molar-refractivity contribution is 6.23. The highest BCUT2D eigenvalue weighted by atomic mass is 16.3. The summed E-state index contributed by atoms with van der Waals surface area (Å²) in [7, 11) is 0. The van der Waals surface area contributed by atoms with Gasteiger partial charge in [-0.2, -0.15) is 0 Å². The number of hydrogen-bond donors (Lipinski definition) is 0. The van der Waals surface area contributed by atoms with Crippen molar-refractivity contribution in [1.82, 2.24) is 19.9 Å². The van der Waals surface area contributed by atoms with Crippen LogP contribution in [0.25, 0.3) is 110 Å². The minimum atomic E-state index is 0.612. The predicted molar refractivity (Wildman–Crippen MR) is 217 cm³/mol. The number of rotatable bonds is 4. The standard InChI is InChI=1S/C48H28N4O/c1-2-11-29(12-3-1)46-50-47(32-21-20-30-28-44-40(27-33(30)25-32)36-16-8-9-19-43(36)53-44)52-48(51-46)38-17-7-6-15-35(38)41-26-31-13-4-5-14-34(31)37-22-23-42-39(45(37)41)18-10-24-49-42/h1-28H. The molecule has 11 aromatic rings. The van der Waals surface area contributed by atoms with Crippen LogP contribution in [0.1, 0.15) is 0 Å². The average Bonchev–Trinajstić information content (AvgIpc) is 3.59. The maximum absolute atomic E-state index is 6.19. The van der Waals surface area contributed by atoms with Crippen LogP contribution < -0.4 is 0 Å². The van der Waals surface area contributed by atoms with E-state index in [1.165, 1.54) is 16.2 Å². The molecule has 5 heteroatoms. The number of nitrogens with zero attached hydrogens (tertiary/aromatic N) is 4.